The van der Waals surface area contributed by atoms with E-state index < -0.39 is 5.82 Å². The predicted octanol–water partition coefficient (Wildman–Crippen LogP) is 5.06. The molecule has 30 heavy (non-hydrogen) atoms. The van der Waals surface area contributed by atoms with Gasteiger partial charge in [-0.25, -0.2) is 9.07 Å². The van der Waals surface area contributed by atoms with E-state index in [2.05, 4.69) is 5.10 Å². The van der Waals surface area contributed by atoms with Crippen molar-refractivity contribution in [3.05, 3.63) is 90.4 Å². The number of rotatable bonds is 5. The second kappa shape index (κ2) is 8.21. The smallest absolute Gasteiger partial charge is 0.278 e. The minimum atomic E-state index is -0.398. The summed E-state index contributed by atoms with van der Waals surface area (Å²) in [5.41, 5.74) is 3.52. The molecule has 0 saturated carbocycles. The van der Waals surface area contributed by atoms with Crippen molar-refractivity contribution in [2.45, 2.75) is 0 Å². The zero-order valence-corrected chi connectivity index (χ0v) is 16.5. The molecule has 1 aromatic heterocycles. The molecule has 0 bridgehead atoms. The maximum Gasteiger partial charge on any atom is 0.278 e. The Morgan fingerprint density at radius 3 is 1.87 bits per heavy atom. The van der Waals surface area contributed by atoms with E-state index in [0.717, 1.165) is 28.2 Å². The second-order valence-corrected chi connectivity index (χ2v) is 6.60. The third-order valence-corrected chi connectivity index (χ3v) is 4.78. The Balaban J connectivity index is 1.81. The van der Waals surface area contributed by atoms with Crippen molar-refractivity contribution in [2.24, 2.45) is 0 Å². The van der Waals surface area contributed by atoms with E-state index >= 15 is 0 Å². The normalized spacial score (nSPS) is 10.6. The van der Waals surface area contributed by atoms with Crippen LogP contribution < -0.4 is 9.47 Å². The van der Waals surface area contributed by atoms with Crippen LogP contribution in [0.2, 0.25) is 0 Å². The van der Waals surface area contributed by atoms with Crippen LogP contribution in [0.5, 0.6) is 11.5 Å². The summed E-state index contributed by atoms with van der Waals surface area (Å²) in [7, 11) is 3.21. The first-order valence-electron chi connectivity index (χ1n) is 9.28. The number of carbonyl (C=O) groups is 1. The lowest BCUT2D eigenvalue weighted by atomic mass is 10.0. The van der Waals surface area contributed by atoms with Crippen LogP contribution >= 0.6 is 0 Å². The summed E-state index contributed by atoms with van der Waals surface area (Å²) in [5, 5.41) is 4.55. The first-order chi connectivity index (χ1) is 14.6. The number of halogens is 1. The highest BCUT2D eigenvalue weighted by atomic mass is 19.1. The summed E-state index contributed by atoms with van der Waals surface area (Å²) in [6.07, 6.45) is 1.69. The number of ether oxygens (including phenoxy) is 2. The van der Waals surface area contributed by atoms with Crippen LogP contribution in [-0.2, 0) is 0 Å². The van der Waals surface area contributed by atoms with Gasteiger partial charge < -0.3 is 9.47 Å². The van der Waals surface area contributed by atoms with Crippen molar-refractivity contribution in [1.82, 2.24) is 9.78 Å². The quantitative estimate of drug-likeness (QED) is 0.468. The number of benzene rings is 3. The number of hydrogen-bond acceptors (Lipinski definition) is 4. The number of hydrogen-bond donors (Lipinski definition) is 0. The fourth-order valence-corrected chi connectivity index (χ4v) is 3.15. The molecule has 0 aliphatic rings. The summed E-state index contributed by atoms with van der Waals surface area (Å²) in [6, 6.07) is 20.4. The molecule has 0 N–H and O–H groups in total. The van der Waals surface area contributed by atoms with Gasteiger partial charge in [-0.15, -0.1) is 0 Å². The fourth-order valence-electron chi connectivity index (χ4n) is 3.15. The first-order valence-corrected chi connectivity index (χ1v) is 9.28. The largest absolute Gasteiger partial charge is 0.497 e. The second-order valence-electron chi connectivity index (χ2n) is 6.60. The Bertz CT molecular complexity index is 1100. The number of carbonyl (C=O) groups excluding carboxylic acids is 1. The van der Waals surface area contributed by atoms with Crippen LogP contribution in [0.15, 0.2) is 79.0 Å². The van der Waals surface area contributed by atoms with E-state index in [1.165, 1.54) is 28.9 Å². The Kier molecular flexibility index (Phi) is 5.30. The summed E-state index contributed by atoms with van der Waals surface area (Å²) in [4.78, 5) is 12.9. The van der Waals surface area contributed by atoms with Crippen LogP contribution in [0.1, 0.15) is 10.4 Å². The average molecular weight is 402 g/mol. The molecule has 150 valence electrons. The molecular formula is C24H19FN2O3. The minimum Gasteiger partial charge on any atom is -0.497 e. The molecule has 0 unspecified atom stereocenters. The van der Waals surface area contributed by atoms with Crippen LogP contribution in [-0.4, -0.2) is 29.9 Å². The van der Waals surface area contributed by atoms with Gasteiger partial charge in [0.1, 0.15) is 23.0 Å². The Labute approximate surface area is 173 Å². The van der Waals surface area contributed by atoms with Crippen LogP contribution in [0.25, 0.3) is 22.4 Å². The van der Waals surface area contributed by atoms with E-state index in [-0.39, 0.29) is 5.91 Å². The highest BCUT2D eigenvalue weighted by Crippen LogP contribution is 2.33. The van der Waals surface area contributed by atoms with E-state index in [1.807, 2.05) is 48.5 Å². The zero-order chi connectivity index (χ0) is 21.1. The topological polar surface area (TPSA) is 53.4 Å². The van der Waals surface area contributed by atoms with Crippen molar-refractivity contribution in [2.75, 3.05) is 14.2 Å². The molecule has 0 atom stereocenters. The lowest BCUT2D eigenvalue weighted by Gasteiger charge is -2.05. The standard InChI is InChI=1S/C24H19FN2O3/c1-29-20-11-5-16(6-12-20)22-15-27(24(28)18-3-9-19(25)10-4-18)26-23(22)17-7-13-21(30-2)14-8-17/h3-15H,1-2H3. The van der Waals surface area contributed by atoms with Crippen molar-refractivity contribution in [3.63, 3.8) is 0 Å². The van der Waals surface area contributed by atoms with Crippen molar-refractivity contribution in [1.29, 1.82) is 0 Å². The fraction of sp³-hybridized carbons (Fsp3) is 0.0833. The van der Waals surface area contributed by atoms with Gasteiger partial charge in [-0.05, 0) is 66.2 Å². The van der Waals surface area contributed by atoms with Gasteiger partial charge in [0.05, 0.1) is 14.2 Å². The molecule has 0 saturated heterocycles. The maximum atomic E-state index is 13.2. The Morgan fingerprint density at radius 1 is 0.800 bits per heavy atom. The molecule has 0 aliphatic carbocycles. The SMILES string of the molecule is COc1ccc(-c2cn(C(=O)c3ccc(F)cc3)nc2-c2ccc(OC)cc2)cc1. The molecule has 0 radical (unpaired) electrons. The number of nitrogens with zero attached hydrogens (tertiary/aromatic N) is 2. The van der Waals surface area contributed by atoms with Gasteiger partial charge in [0.25, 0.3) is 5.91 Å². The zero-order valence-electron chi connectivity index (χ0n) is 16.5. The Hall–Kier alpha value is -3.93. The van der Waals surface area contributed by atoms with Crippen molar-refractivity contribution < 1.29 is 18.7 Å². The lowest BCUT2D eigenvalue weighted by Crippen LogP contribution is -2.12. The number of methoxy groups -OCH3 is 2. The molecule has 4 aromatic rings. The molecule has 4 rings (SSSR count). The summed E-state index contributed by atoms with van der Waals surface area (Å²) in [6.45, 7) is 0. The molecule has 3 aromatic carbocycles. The molecular weight excluding hydrogens is 383 g/mol. The summed E-state index contributed by atoms with van der Waals surface area (Å²) >= 11 is 0. The highest BCUT2D eigenvalue weighted by molar-refractivity contribution is 5.97. The van der Waals surface area contributed by atoms with Gasteiger partial charge >= 0.3 is 0 Å². The van der Waals surface area contributed by atoms with Crippen LogP contribution in [0.3, 0.4) is 0 Å². The summed E-state index contributed by atoms with van der Waals surface area (Å²) in [5.74, 6) is 0.723. The van der Waals surface area contributed by atoms with Crippen LogP contribution in [0.4, 0.5) is 4.39 Å². The van der Waals surface area contributed by atoms with Gasteiger partial charge in [0.15, 0.2) is 0 Å². The van der Waals surface area contributed by atoms with Gasteiger partial charge in [-0.3, -0.25) is 4.79 Å². The van der Waals surface area contributed by atoms with Gasteiger partial charge in [-0.2, -0.15) is 5.10 Å². The summed E-state index contributed by atoms with van der Waals surface area (Å²) < 4.78 is 25.0. The molecule has 5 nitrogen and oxygen atoms in total. The van der Waals surface area contributed by atoms with Gasteiger partial charge in [0.2, 0.25) is 0 Å². The Morgan fingerprint density at radius 2 is 1.33 bits per heavy atom. The molecule has 1 heterocycles. The molecule has 0 spiro atoms. The molecule has 0 amide bonds. The third-order valence-electron chi connectivity index (χ3n) is 4.78. The maximum absolute atomic E-state index is 13.2. The van der Waals surface area contributed by atoms with E-state index in [1.54, 1.807) is 20.4 Å². The monoisotopic (exact) mass is 402 g/mol. The predicted molar refractivity (Wildman–Crippen MR) is 112 cm³/mol. The highest BCUT2D eigenvalue weighted by Gasteiger charge is 2.18. The molecule has 0 fully saturated rings. The van der Waals surface area contributed by atoms with E-state index in [0.29, 0.717) is 11.3 Å². The lowest BCUT2D eigenvalue weighted by molar-refractivity contribution is 0.0945. The molecule has 0 aliphatic heterocycles. The van der Waals surface area contributed by atoms with Crippen molar-refractivity contribution in [3.8, 4) is 33.9 Å². The van der Waals surface area contributed by atoms with Crippen molar-refractivity contribution >= 4 is 5.91 Å². The first kappa shape index (κ1) is 19.4. The molecule has 6 heteroatoms. The average Bonchev–Trinajstić information content (AvgIpc) is 3.24. The van der Waals surface area contributed by atoms with Gasteiger partial charge in [-0.1, -0.05) is 12.1 Å². The van der Waals surface area contributed by atoms with E-state index in [9.17, 15) is 9.18 Å². The van der Waals surface area contributed by atoms with E-state index in [4.69, 9.17) is 9.47 Å². The minimum absolute atomic E-state index is 0.343. The van der Waals surface area contributed by atoms with Gasteiger partial charge in [0, 0.05) is 22.9 Å². The van der Waals surface area contributed by atoms with Crippen LogP contribution in [0, 0.1) is 5.82 Å². The number of aromatic nitrogens is 2. The third kappa shape index (κ3) is 3.80.